The molecule has 26 heavy (non-hydrogen) atoms. The van der Waals surface area contributed by atoms with Gasteiger partial charge in [0, 0.05) is 31.9 Å². The Bertz CT molecular complexity index is 874. The number of benzene rings is 1. The Hall–Kier alpha value is -2.12. The van der Waals surface area contributed by atoms with Crippen molar-refractivity contribution >= 4 is 29.0 Å². The van der Waals surface area contributed by atoms with Gasteiger partial charge in [-0.3, -0.25) is 4.79 Å². The number of hydrogen-bond donors (Lipinski definition) is 0. The second kappa shape index (κ2) is 8.51. The summed E-state index contributed by atoms with van der Waals surface area (Å²) in [5.74, 6) is 1.35. The maximum atomic E-state index is 12.5. The first-order chi connectivity index (χ1) is 12.5. The molecule has 0 saturated carbocycles. The lowest BCUT2D eigenvalue weighted by Crippen LogP contribution is -2.28. The van der Waals surface area contributed by atoms with Crippen LogP contribution < -0.4 is 0 Å². The fourth-order valence-corrected chi connectivity index (χ4v) is 4.13. The van der Waals surface area contributed by atoms with Gasteiger partial charge in [0.05, 0.1) is 5.75 Å². The van der Waals surface area contributed by atoms with E-state index in [4.69, 9.17) is 0 Å². The van der Waals surface area contributed by atoms with Gasteiger partial charge in [-0.05, 0) is 29.5 Å². The van der Waals surface area contributed by atoms with Crippen LogP contribution in [0.25, 0.3) is 0 Å². The molecule has 3 aromatic rings. The molecular weight excluding hydrogens is 364 g/mol. The Morgan fingerprint density at radius 2 is 2.04 bits per heavy atom. The zero-order valence-corrected chi connectivity index (χ0v) is 16.8. The lowest BCUT2D eigenvalue weighted by Gasteiger charge is -2.18. The second-order valence-electron chi connectivity index (χ2n) is 6.18. The van der Waals surface area contributed by atoms with E-state index in [0.717, 1.165) is 17.4 Å². The van der Waals surface area contributed by atoms with Gasteiger partial charge < -0.3 is 9.47 Å². The number of thiophene rings is 1. The van der Waals surface area contributed by atoms with E-state index in [0.29, 0.717) is 12.3 Å². The number of amides is 1. The molecule has 136 valence electrons. The largest absolute Gasteiger partial charge is 0.341 e. The average Bonchev–Trinajstić information content (AvgIpc) is 3.26. The van der Waals surface area contributed by atoms with Crippen LogP contribution in [-0.4, -0.2) is 38.4 Å². The maximum absolute atomic E-state index is 12.5. The van der Waals surface area contributed by atoms with Crippen molar-refractivity contribution in [2.24, 2.45) is 7.05 Å². The van der Waals surface area contributed by atoms with Gasteiger partial charge in [-0.2, -0.15) is 0 Å². The molecule has 0 atom stereocenters. The Balaban J connectivity index is 1.56. The molecule has 2 heterocycles. The van der Waals surface area contributed by atoms with Crippen LogP contribution in [0.15, 0.2) is 46.9 Å². The number of thioether (sulfide) groups is 1. The third-order valence-electron chi connectivity index (χ3n) is 4.26. The van der Waals surface area contributed by atoms with E-state index in [9.17, 15) is 4.79 Å². The van der Waals surface area contributed by atoms with Gasteiger partial charge in [0.2, 0.25) is 5.91 Å². The van der Waals surface area contributed by atoms with Crippen LogP contribution in [0.3, 0.4) is 0 Å². The fraction of sp³-hybridized carbons (Fsp3) is 0.316. The number of nitrogens with zero attached hydrogens (tertiary/aromatic N) is 4. The zero-order valence-electron chi connectivity index (χ0n) is 15.2. The molecule has 7 heteroatoms. The predicted molar refractivity (Wildman–Crippen MR) is 107 cm³/mol. The van der Waals surface area contributed by atoms with Crippen LogP contribution in [0.1, 0.15) is 21.8 Å². The summed E-state index contributed by atoms with van der Waals surface area (Å²) in [7, 11) is 3.79. The Morgan fingerprint density at radius 3 is 2.77 bits per heavy atom. The van der Waals surface area contributed by atoms with Crippen molar-refractivity contribution in [1.29, 1.82) is 0 Å². The number of carbonyl (C=O) groups is 1. The summed E-state index contributed by atoms with van der Waals surface area (Å²) in [4.78, 5) is 15.5. The smallest absolute Gasteiger partial charge is 0.233 e. The molecule has 0 unspecified atom stereocenters. The number of aromatic nitrogens is 3. The summed E-state index contributed by atoms with van der Waals surface area (Å²) in [5.41, 5.74) is 2.37. The van der Waals surface area contributed by atoms with Gasteiger partial charge in [0.15, 0.2) is 5.16 Å². The van der Waals surface area contributed by atoms with Crippen LogP contribution in [0, 0.1) is 6.92 Å². The minimum atomic E-state index is 0.0843. The van der Waals surface area contributed by atoms with Gasteiger partial charge in [0.25, 0.3) is 0 Å². The Kier molecular flexibility index (Phi) is 6.11. The molecule has 0 fully saturated rings. The van der Waals surface area contributed by atoms with E-state index < -0.39 is 0 Å². The first-order valence-corrected chi connectivity index (χ1v) is 10.2. The van der Waals surface area contributed by atoms with Crippen LogP contribution >= 0.6 is 23.1 Å². The summed E-state index contributed by atoms with van der Waals surface area (Å²) in [6.45, 7) is 2.69. The van der Waals surface area contributed by atoms with E-state index in [1.54, 1.807) is 16.2 Å². The van der Waals surface area contributed by atoms with E-state index in [1.807, 2.05) is 36.9 Å². The Labute approximate surface area is 162 Å². The molecule has 0 aliphatic heterocycles. The van der Waals surface area contributed by atoms with Crippen molar-refractivity contribution < 1.29 is 4.79 Å². The molecule has 0 bridgehead atoms. The number of carbonyl (C=O) groups excluding carboxylic acids is 1. The SMILES string of the molecule is Cc1ccccc1CN(C)C(=O)CSc1nnc(Cc2cccs2)n1C. The molecule has 3 rings (SSSR count). The standard InChI is InChI=1S/C19H22N4OS2/c1-14-7-4-5-8-15(14)12-22(2)18(24)13-26-19-21-20-17(23(19)3)11-16-9-6-10-25-16/h4-10H,11-13H2,1-3H3. The maximum Gasteiger partial charge on any atom is 0.233 e. The third kappa shape index (κ3) is 4.53. The second-order valence-corrected chi connectivity index (χ2v) is 8.15. The summed E-state index contributed by atoms with van der Waals surface area (Å²) < 4.78 is 1.97. The zero-order chi connectivity index (χ0) is 18.5. The highest BCUT2D eigenvalue weighted by Gasteiger charge is 2.15. The van der Waals surface area contributed by atoms with Crippen LogP contribution in [0.2, 0.25) is 0 Å². The molecule has 5 nitrogen and oxygen atoms in total. The average molecular weight is 387 g/mol. The Morgan fingerprint density at radius 1 is 1.23 bits per heavy atom. The molecule has 0 saturated heterocycles. The fourth-order valence-electron chi connectivity index (χ4n) is 2.56. The highest BCUT2D eigenvalue weighted by atomic mass is 32.2. The van der Waals surface area contributed by atoms with Crippen molar-refractivity contribution in [2.75, 3.05) is 12.8 Å². The molecule has 0 spiro atoms. The minimum Gasteiger partial charge on any atom is -0.341 e. The van der Waals surface area contributed by atoms with Gasteiger partial charge >= 0.3 is 0 Å². The summed E-state index contributed by atoms with van der Waals surface area (Å²) in [6.07, 6.45) is 0.767. The summed E-state index contributed by atoms with van der Waals surface area (Å²) in [6, 6.07) is 12.3. The molecule has 0 N–H and O–H groups in total. The van der Waals surface area contributed by atoms with E-state index in [-0.39, 0.29) is 5.91 Å². The van der Waals surface area contributed by atoms with Gasteiger partial charge in [0.1, 0.15) is 5.82 Å². The number of hydrogen-bond acceptors (Lipinski definition) is 5. The van der Waals surface area contributed by atoms with Gasteiger partial charge in [-0.1, -0.05) is 42.1 Å². The topological polar surface area (TPSA) is 51.0 Å². The van der Waals surface area contributed by atoms with Crippen LogP contribution in [0.4, 0.5) is 0 Å². The quantitative estimate of drug-likeness (QED) is 0.583. The summed E-state index contributed by atoms with van der Waals surface area (Å²) >= 11 is 3.14. The van der Waals surface area contributed by atoms with Crippen molar-refractivity contribution in [1.82, 2.24) is 19.7 Å². The molecule has 1 aromatic carbocycles. The van der Waals surface area contributed by atoms with Gasteiger partial charge in [-0.15, -0.1) is 21.5 Å². The molecule has 1 amide bonds. The normalized spacial score (nSPS) is 10.9. The van der Waals surface area contributed by atoms with E-state index >= 15 is 0 Å². The first-order valence-electron chi connectivity index (χ1n) is 8.36. The molecular formula is C19H22N4OS2. The third-order valence-corrected chi connectivity index (χ3v) is 6.14. The van der Waals surface area contributed by atoms with E-state index in [2.05, 4.69) is 40.7 Å². The first kappa shape index (κ1) is 18.7. The number of rotatable bonds is 7. The minimum absolute atomic E-state index is 0.0843. The molecule has 0 radical (unpaired) electrons. The molecule has 2 aromatic heterocycles. The van der Waals surface area contributed by atoms with E-state index in [1.165, 1.54) is 27.8 Å². The predicted octanol–water partition coefficient (Wildman–Crippen LogP) is 3.53. The lowest BCUT2D eigenvalue weighted by molar-refractivity contribution is -0.127. The van der Waals surface area contributed by atoms with Crippen molar-refractivity contribution in [3.63, 3.8) is 0 Å². The van der Waals surface area contributed by atoms with Crippen LogP contribution in [0.5, 0.6) is 0 Å². The van der Waals surface area contributed by atoms with Crippen LogP contribution in [-0.2, 0) is 24.8 Å². The van der Waals surface area contributed by atoms with Crippen molar-refractivity contribution in [2.45, 2.75) is 25.0 Å². The number of aryl methyl sites for hydroxylation is 1. The van der Waals surface area contributed by atoms with Crippen molar-refractivity contribution in [3.05, 3.63) is 63.6 Å². The monoisotopic (exact) mass is 386 g/mol. The van der Waals surface area contributed by atoms with Gasteiger partial charge in [-0.25, -0.2) is 0 Å². The van der Waals surface area contributed by atoms with Crippen molar-refractivity contribution in [3.8, 4) is 0 Å². The molecule has 0 aliphatic carbocycles. The summed E-state index contributed by atoms with van der Waals surface area (Å²) in [5, 5.41) is 11.3. The highest BCUT2D eigenvalue weighted by molar-refractivity contribution is 7.99. The lowest BCUT2D eigenvalue weighted by atomic mass is 10.1. The highest BCUT2D eigenvalue weighted by Crippen LogP contribution is 2.20. The molecule has 0 aliphatic rings.